The Morgan fingerprint density at radius 2 is 1.64 bits per heavy atom. The van der Waals surface area contributed by atoms with E-state index in [1.807, 2.05) is 24.1 Å². The predicted octanol–water partition coefficient (Wildman–Crippen LogP) is 1.28. The fourth-order valence-electron chi connectivity index (χ4n) is 1.28. The lowest BCUT2D eigenvalue weighted by molar-refractivity contribution is -0.0357. The maximum absolute atomic E-state index is 9.42. The first kappa shape index (κ1) is 13.4. The van der Waals surface area contributed by atoms with E-state index < -0.39 is 6.23 Å². The Labute approximate surface area is 87.3 Å². The molecule has 0 saturated carbocycles. The van der Waals surface area contributed by atoms with E-state index in [2.05, 4.69) is 25.0 Å². The largest absolute Gasteiger partial charge is 0.379 e. The van der Waals surface area contributed by atoms with Crippen LogP contribution in [0.15, 0.2) is 25.3 Å². The van der Waals surface area contributed by atoms with E-state index in [-0.39, 0.29) is 6.17 Å². The summed E-state index contributed by atoms with van der Waals surface area (Å²) in [5.74, 6) is 0. The fourth-order valence-corrected chi connectivity index (χ4v) is 1.28. The van der Waals surface area contributed by atoms with Gasteiger partial charge in [-0.1, -0.05) is 12.2 Å². The average molecular weight is 198 g/mol. The average Bonchev–Trinajstić information content (AvgIpc) is 2.15. The molecule has 3 nitrogen and oxygen atoms in total. The highest BCUT2D eigenvalue weighted by Crippen LogP contribution is 2.06. The van der Waals surface area contributed by atoms with Crippen LogP contribution < -0.4 is 0 Å². The summed E-state index contributed by atoms with van der Waals surface area (Å²) in [6.07, 6.45) is 3.44. The number of hydrogen-bond donors (Lipinski definition) is 1. The quantitative estimate of drug-likeness (QED) is 0.493. The number of rotatable bonds is 7. The molecule has 0 radical (unpaired) electrons. The van der Waals surface area contributed by atoms with Crippen molar-refractivity contribution in [3.05, 3.63) is 25.3 Å². The normalized spacial score (nSPS) is 15.6. The van der Waals surface area contributed by atoms with Gasteiger partial charge in [-0.2, -0.15) is 0 Å². The SMILES string of the molecule is C=CCN(CC=C)C(C)N(C)C(C)O. The Morgan fingerprint density at radius 3 is 1.93 bits per heavy atom. The summed E-state index contributed by atoms with van der Waals surface area (Å²) in [6, 6.07) is 0. The zero-order chi connectivity index (χ0) is 11.1. The molecule has 0 aromatic carbocycles. The third-order valence-corrected chi connectivity index (χ3v) is 2.43. The van der Waals surface area contributed by atoms with Gasteiger partial charge in [0.05, 0.1) is 6.17 Å². The Balaban J connectivity index is 4.31. The van der Waals surface area contributed by atoms with Crippen LogP contribution in [0.2, 0.25) is 0 Å². The molecule has 0 amide bonds. The van der Waals surface area contributed by atoms with Crippen molar-refractivity contribution >= 4 is 0 Å². The molecule has 0 saturated heterocycles. The Morgan fingerprint density at radius 1 is 1.21 bits per heavy atom. The molecule has 0 bridgehead atoms. The minimum Gasteiger partial charge on any atom is -0.379 e. The van der Waals surface area contributed by atoms with Gasteiger partial charge in [0.1, 0.15) is 6.23 Å². The molecule has 0 spiro atoms. The van der Waals surface area contributed by atoms with Crippen LogP contribution >= 0.6 is 0 Å². The van der Waals surface area contributed by atoms with Crippen molar-refractivity contribution < 1.29 is 5.11 Å². The van der Waals surface area contributed by atoms with E-state index in [0.717, 1.165) is 13.1 Å². The highest BCUT2D eigenvalue weighted by atomic mass is 16.3. The molecule has 82 valence electrons. The lowest BCUT2D eigenvalue weighted by Crippen LogP contribution is -2.48. The van der Waals surface area contributed by atoms with Crippen molar-refractivity contribution in [2.45, 2.75) is 26.2 Å². The summed E-state index contributed by atoms with van der Waals surface area (Å²) < 4.78 is 0. The third kappa shape index (κ3) is 4.05. The van der Waals surface area contributed by atoms with Crippen molar-refractivity contribution in [1.29, 1.82) is 0 Å². The van der Waals surface area contributed by atoms with Crippen LogP contribution in [0, 0.1) is 0 Å². The van der Waals surface area contributed by atoms with Crippen LogP contribution in [-0.4, -0.2) is 47.4 Å². The van der Waals surface area contributed by atoms with E-state index in [1.165, 1.54) is 0 Å². The Kier molecular flexibility index (Phi) is 6.45. The zero-order valence-electron chi connectivity index (χ0n) is 9.48. The van der Waals surface area contributed by atoms with Crippen LogP contribution in [0.1, 0.15) is 13.8 Å². The smallest absolute Gasteiger partial charge is 0.105 e. The zero-order valence-corrected chi connectivity index (χ0v) is 9.48. The van der Waals surface area contributed by atoms with Gasteiger partial charge < -0.3 is 5.11 Å². The predicted molar refractivity (Wildman–Crippen MR) is 60.9 cm³/mol. The van der Waals surface area contributed by atoms with E-state index in [0.29, 0.717) is 0 Å². The number of aliphatic hydroxyl groups is 1. The monoisotopic (exact) mass is 198 g/mol. The minimum atomic E-state index is -0.442. The van der Waals surface area contributed by atoms with E-state index in [1.54, 1.807) is 6.92 Å². The molecule has 0 heterocycles. The molecule has 2 unspecified atom stereocenters. The molecule has 14 heavy (non-hydrogen) atoms. The van der Waals surface area contributed by atoms with Crippen LogP contribution in [0.25, 0.3) is 0 Å². The molecule has 0 aliphatic carbocycles. The highest BCUT2D eigenvalue weighted by molar-refractivity contribution is 4.82. The molecular weight excluding hydrogens is 176 g/mol. The Bertz CT molecular complexity index is 170. The van der Waals surface area contributed by atoms with Crippen molar-refractivity contribution in [1.82, 2.24) is 9.80 Å². The number of nitrogens with zero attached hydrogens (tertiary/aromatic N) is 2. The summed E-state index contributed by atoms with van der Waals surface area (Å²) in [6.45, 7) is 12.8. The van der Waals surface area contributed by atoms with Crippen LogP contribution in [0.5, 0.6) is 0 Å². The van der Waals surface area contributed by atoms with Gasteiger partial charge in [-0.3, -0.25) is 9.80 Å². The molecule has 2 atom stereocenters. The van der Waals surface area contributed by atoms with Gasteiger partial charge in [0.2, 0.25) is 0 Å². The van der Waals surface area contributed by atoms with Crippen LogP contribution in [0.4, 0.5) is 0 Å². The Hall–Kier alpha value is -0.640. The lowest BCUT2D eigenvalue weighted by Gasteiger charge is -2.35. The van der Waals surface area contributed by atoms with Gasteiger partial charge in [-0.05, 0) is 20.9 Å². The first-order chi connectivity index (χ1) is 6.54. The van der Waals surface area contributed by atoms with Gasteiger partial charge in [-0.15, -0.1) is 13.2 Å². The van der Waals surface area contributed by atoms with Gasteiger partial charge >= 0.3 is 0 Å². The summed E-state index contributed by atoms with van der Waals surface area (Å²) in [5.41, 5.74) is 0. The topological polar surface area (TPSA) is 26.7 Å². The van der Waals surface area contributed by atoms with Gasteiger partial charge in [0, 0.05) is 13.1 Å². The fraction of sp³-hybridized carbons (Fsp3) is 0.636. The van der Waals surface area contributed by atoms with Crippen molar-refractivity contribution in [3.8, 4) is 0 Å². The maximum Gasteiger partial charge on any atom is 0.105 e. The summed E-state index contributed by atoms with van der Waals surface area (Å²) in [5, 5.41) is 9.42. The van der Waals surface area contributed by atoms with Gasteiger partial charge in [-0.25, -0.2) is 0 Å². The highest BCUT2D eigenvalue weighted by Gasteiger charge is 2.18. The molecular formula is C11H22N2O. The van der Waals surface area contributed by atoms with Gasteiger partial charge in [0.25, 0.3) is 0 Å². The standard InChI is InChI=1S/C11H22N2O/c1-6-8-13(9-7-2)10(3)12(5)11(4)14/h6-7,10-11,14H,1-2,8-9H2,3-5H3. The summed E-state index contributed by atoms with van der Waals surface area (Å²) in [4.78, 5) is 4.07. The molecule has 3 heteroatoms. The van der Waals surface area contributed by atoms with E-state index in [9.17, 15) is 5.11 Å². The molecule has 0 rings (SSSR count). The molecule has 0 fully saturated rings. The lowest BCUT2D eigenvalue weighted by atomic mass is 10.3. The van der Waals surface area contributed by atoms with E-state index in [4.69, 9.17) is 0 Å². The third-order valence-electron chi connectivity index (χ3n) is 2.43. The van der Waals surface area contributed by atoms with Gasteiger partial charge in [0.15, 0.2) is 0 Å². The van der Waals surface area contributed by atoms with E-state index >= 15 is 0 Å². The summed E-state index contributed by atoms with van der Waals surface area (Å²) >= 11 is 0. The van der Waals surface area contributed by atoms with Crippen molar-refractivity contribution in [3.63, 3.8) is 0 Å². The number of aliphatic hydroxyl groups excluding tert-OH is 1. The minimum absolute atomic E-state index is 0.172. The molecule has 0 aliphatic heterocycles. The summed E-state index contributed by atoms with van der Waals surface area (Å²) in [7, 11) is 1.90. The molecule has 0 aromatic rings. The second-order valence-corrected chi connectivity index (χ2v) is 3.46. The first-order valence-electron chi connectivity index (χ1n) is 4.90. The van der Waals surface area contributed by atoms with Crippen LogP contribution in [-0.2, 0) is 0 Å². The maximum atomic E-state index is 9.42. The van der Waals surface area contributed by atoms with Crippen molar-refractivity contribution in [2.75, 3.05) is 20.1 Å². The molecule has 0 aliphatic rings. The molecule has 1 N–H and O–H groups in total. The second kappa shape index (κ2) is 6.76. The molecule has 0 aromatic heterocycles. The first-order valence-corrected chi connectivity index (χ1v) is 4.90. The number of hydrogen-bond acceptors (Lipinski definition) is 3. The van der Waals surface area contributed by atoms with Crippen LogP contribution in [0.3, 0.4) is 0 Å². The second-order valence-electron chi connectivity index (χ2n) is 3.46. The van der Waals surface area contributed by atoms with Crippen molar-refractivity contribution in [2.24, 2.45) is 0 Å².